The molecule has 1 N–H and O–H groups in total. The van der Waals surface area contributed by atoms with E-state index in [1.807, 2.05) is 46.8 Å². The molecule has 2 aromatic rings. The fourth-order valence-corrected chi connectivity index (χ4v) is 4.95. The smallest absolute Gasteiger partial charge is 0.417 e. The number of aryl methyl sites for hydroxylation is 3. The van der Waals surface area contributed by atoms with Gasteiger partial charge in [-0.05, 0) is 67.7 Å². The Bertz CT molecular complexity index is 959. The van der Waals surface area contributed by atoms with E-state index in [1.165, 1.54) is 17.8 Å². The van der Waals surface area contributed by atoms with E-state index >= 15 is 0 Å². The second-order valence-corrected chi connectivity index (χ2v) is 8.93. The summed E-state index contributed by atoms with van der Waals surface area (Å²) in [6.45, 7) is 9.89. The van der Waals surface area contributed by atoms with Crippen molar-refractivity contribution in [3.05, 3.63) is 64.0 Å². The molecule has 1 aromatic heterocycles. The first kappa shape index (κ1) is 26.0. The van der Waals surface area contributed by atoms with Crippen LogP contribution in [0, 0.1) is 26.7 Å². The highest BCUT2D eigenvalue weighted by molar-refractivity contribution is 7.99. The van der Waals surface area contributed by atoms with Crippen LogP contribution in [0.15, 0.2) is 41.2 Å². The van der Waals surface area contributed by atoms with Crippen LogP contribution in [0.1, 0.15) is 60.9 Å². The molecule has 0 spiro atoms. The Hall–Kier alpha value is -2.28. The molecule has 1 unspecified atom stereocenters. The molecular formula is C25H30F3NO2S. The number of alkyl halides is 3. The van der Waals surface area contributed by atoms with Gasteiger partial charge in [-0.15, -0.1) is 11.8 Å². The number of hydrogen-bond donors (Lipinski definition) is 1. The molecule has 174 valence electrons. The first-order valence-corrected chi connectivity index (χ1v) is 11.7. The second kappa shape index (κ2) is 11.0. The quantitative estimate of drug-likeness (QED) is 0.465. The molecule has 1 aromatic carbocycles. The van der Waals surface area contributed by atoms with E-state index in [2.05, 4.69) is 4.98 Å². The molecular weight excluding hydrogens is 435 g/mol. The number of benzene rings is 1. The molecule has 3 rings (SSSR count). The van der Waals surface area contributed by atoms with Crippen LogP contribution in [-0.2, 0) is 11.0 Å². The van der Waals surface area contributed by atoms with Crippen LogP contribution in [0.4, 0.5) is 13.2 Å². The van der Waals surface area contributed by atoms with Gasteiger partial charge in [-0.1, -0.05) is 31.5 Å². The van der Waals surface area contributed by atoms with Gasteiger partial charge >= 0.3 is 6.18 Å². The van der Waals surface area contributed by atoms with E-state index in [0.29, 0.717) is 35.6 Å². The van der Waals surface area contributed by atoms with Crippen molar-refractivity contribution in [2.24, 2.45) is 5.92 Å². The van der Waals surface area contributed by atoms with Crippen molar-refractivity contribution in [2.45, 2.75) is 65.1 Å². The van der Waals surface area contributed by atoms with Crippen LogP contribution in [0.5, 0.6) is 0 Å². The van der Waals surface area contributed by atoms with E-state index in [1.54, 1.807) is 0 Å². The van der Waals surface area contributed by atoms with Gasteiger partial charge in [-0.2, -0.15) is 13.2 Å². The van der Waals surface area contributed by atoms with Gasteiger partial charge in [0.2, 0.25) is 0 Å². The van der Waals surface area contributed by atoms with Crippen molar-refractivity contribution in [1.82, 2.24) is 4.98 Å². The number of ketones is 1. The molecule has 0 bridgehead atoms. The topological polar surface area (TPSA) is 50.2 Å². The second-order valence-electron chi connectivity index (χ2n) is 7.81. The number of hydrogen-bond acceptors (Lipinski definition) is 4. The average molecular weight is 466 g/mol. The van der Waals surface area contributed by atoms with Crippen LogP contribution in [-0.4, -0.2) is 21.6 Å². The number of pyridine rings is 1. The van der Waals surface area contributed by atoms with E-state index in [0.717, 1.165) is 34.5 Å². The van der Waals surface area contributed by atoms with Gasteiger partial charge in [0.25, 0.3) is 0 Å². The number of aliphatic hydroxyl groups excluding tert-OH is 1. The molecule has 7 heteroatoms. The van der Waals surface area contributed by atoms with E-state index < -0.39 is 11.7 Å². The Balaban J connectivity index is 0.00000176. The van der Waals surface area contributed by atoms with Crippen LogP contribution in [0.3, 0.4) is 0 Å². The zero-order valence-corrected chi connectivity index (χ0v) is 20.0. The highest BCUT2D eigenvalue weighted by Crippen LogP contribution is 2.37. The third-order valence-electron chi connectivity index (χ3n) is 5.29. The first-order valence-electron chi connectivity index (χ1n) is 10.8. The number of halogens is 3. The Morgan fingerprint density at radius 1 is 1.09 bits per heavy atom. The molecule has 0 aliphatic heterocycles. The summed E-state index contributed by atoms with van der Waals surface area (Å²) in [6, 6.07) is 6.40. The van der Waals surface area contributed by atoms with E-state index in [9.17, 15) is 23.1 Å². The van der Waals surface area contributed by atoms with Gasteiger partial charge in [0.05, 0.1) is 16.2 Å². The van der Waals surface area contributed by atoms with E-state index in [4.69, 9.17) is 0 Å². The lowest BCUT2D eigenvalue weighted by molar-refractivity contribution is -0.137. The molecule has 32 heavy (non-hydrogen) atoms. The molecule has 3 nitrogen and oxygen atoms in total. The van der Waals surface area contributed by atoms with Crippen molar-refractivity contribution in [1.29, 1.82) is 0 Å². The molecule has 1 aliphatic rings. The number of carbonyl (C=O) groups is 1. The fraction of sp³-hybridized carbons (Fsp3) is 0.440. The van der Waals surface area contributed by atoms with Crippen LogP contribution in [0.2, 0.25) is 0 Å². The molecule has 1 atom stereocenters. The molecule has 0 saturated heterocycles. The predicted molar refractivity (Wildman–Crippen MR) is 124 cm³/mol. The minimum absolute atomic E-state index is 0.00857. The summed E-state index contributed by atoms with van der Waals surface area (Å²) in [4.78, 5) is 16.7. The normalized spacial score (nSPS) is 16.6. The highest BCUT2D eigenvalue weighted by Gasteiger charge is 2.31. The SMILES string of the molecule is CC.Cc1cc(C)c(C2=C(O)CC(CCSc3ccc(C(F)(F)F)cn3)CC2=O)c(C)c1. The maximum Gasteiger partial charge on any atom is 0.417 e. The van der Waals surface area contributed by atoms with Gasteiger partial charge < -0.3 is 5.11 Å². The number of aromatic nitrogens is 1. The van der Waals surface area contributed by atoms with Crippen molar-refractivity contribution >= 4 is 23.1 Å². The van der Waals surface area contributed by atoms with Crippen molar-refractivity contribution in [3.63, 3.8) is 0 Å². The van der Waals surface area contributed by atoms with Crippen molar-refractivity contribution in [3.8, 4) is 0 Å². The summed E-state index contributed by atoms with van der Waals surface area (Å²) in [5.41, 5.74) is 3.55. The van der Waals surface area contributed by atoms with Gasteiger partial charge in [-0.25, -0.2) is 4.98 Å². The summed E-state index contributed by atoms with van der Waals surface area (Å²) >= 11 is 1.35. The van der Waals surface area contributed by atoms with Crippen LogP contribution >= 0.6 is 11.8 Å². The number of thioether (sulfide) groups is 1. The standard InChI is InChI=1S/C23H24F3NO2S.C2H6/c1-13-8-14(2)21(15(3)9-13)22-18(28)10-16(11-19(22)29)6-7-30-20-5-4-17(12-27-20)23(24,25)26;1-2/h4-5,8-9,12,16,28H,6-7,10-11H2,1-3H3;1-2H3. The lowest BCUT2D eigenvalue weighted by Crippen LogP contribution is -2.20. The van der Waals surface area contributed by atoms with Gasteiger partial charge in [0.15, 0.2) is 5.78 Å². The lowest BCUT2D eigenvalue weighted by atomic mass is 9.80. The minimum atomic E-state index is -4.39. The Labute approximate surface area is 192 Å². The number of allylic oxidation sites excluding steroid dienone is 2. The number of Topliss-reactive ketones (excluding diaryl/α,β-unsaturated/α-hetero) is 1. The number of aliphatic hydroxyl groups is 1. The average Bonchev–Trinajstić information content (AvgIpc) is 2.70. The Morgan fingerprint density at radius 3 is 2.22 bits per heavy atom. The molecule has 0 saturated carbocycles. The predicted octanol–water partition coefficient (Wildman–Crippen LogP) is 7.48. The largest absolute Gasteiger partial charge is 0.512 e. The Morgan fingerprint density at radius 2 is 1.72 bits per heavy atom. The first-order chi connectivity index (χ1) is 15.1. The fourth-order valence-electron chi connectivity index (χ4n) is 4.00. The lowest BCUT2D eigenvalue weighted by Gasteiger charge is -2.25. The summed E-state index contributed by atoms with van der Waals surface area (Å²) < 4.78 is 37.8. The van der Waals surface area contributed by atoms with Crippen molar-refractivity contribution in [2.75, 3.05) is 5.75 Å². The zero-order valence-electron chi connectivity index (χ0n) is 19.1. The van der Waals surface area contributed by atoms with Crippen molar-refractivity contribution < 1.29 is 23.1 Å². The molecule has 0 amide bonds. The van der Waals surface area contributed by atoms with E-state index in [-0.39, 0.29) is 17.5 Å². The van der Waals surface area contributed by atoms with Gasteiger partial charge in [0.1, 0.15) is 5.76 Å². The molecule has 1 aliphatic carbocycles. The minimum Gasteiger partial charge on any atom is -0.512 e. The molecule has 0 radical (unpaired) electrons. The Kier molecular flexibility index (Phi) is 8.96. The number of carbonyl (C=O) groups excluding carboxylic acids is 1. The molecule has 0 fully saturated rings. The summed E-state index contributed by atoms with van der Waals surface area (Å²) in [5.74, 6) is 0.691. The van der Waals surface area contributed by atoms with Gasteiger partial charge in [0, 0.05) is 19.0 Å². The summed E-state index contributed by atoms with van der Waals surface area (Å²) in [7, 11) is 0. The maximum absolute atomic E-state index is 12.8. The number of rotatable bonds is 5. The van der Waals surface area contributed by atoms with Crippen LogP contribution in [0.25, 0.3) is 5.57 Å². The third kappa shape index (κ3) is 6.37. The zero-order chi connectivity index (χ0) is 24.1. The summed E-state index contributed by atoms with van der Waals surface area (Å²) in [6.07, 6.45) is -2.11. The number of nitrogens with zero attached hydrogens (tertiary/aromatic N) is 1. The summed E-state index contributed by atoms with van der Waals surface area (Å²) in [5, 5.41) is 11.1. The van der Waals surface area contributed by atoms with Crippen LogP contribution < -0.4 is 0 Å². The van der Waals surface area contributed by atoms with Gasteiger partial charge in [-0.3, -0.25) is 4.79 Å². The highest BCUT2D eigenvalue weighted by atomic mass is 32.2. The monoisotopic (exact) mass is 465 g/mol. The third-order valence-corrected chi connectivity index (χ3v) is 6.27. The maximum atomic E-state index is 12.8. The molecule has 1 heterocycles.